The summed E-state index contributed by atoms with van der Waals surface area (Å²) in [6, 6.07) is 7.31. The van der Waals surface area contributed by atoms with Crippen molar-refractivity contribution < 1.29 is 4.74 Å². The van der Waals surface area contributed by atoms with Gasteiger partial charge in [-0.2, -0.15) is 5.26 Å². The molecule has 0 aliphatic heterocycles. The van der Waals surface area contributed by atoms with E-state index in [4.69, 9.17) is 15.7 Å². The molecule has 90 valence electrons. The van der Waals surface area contributed by atoms with Crippen molar-refractivity contribution in [2.75, 3.05) is 5.73 Å². The Hall–Kier alpha value is -2.61. The number of benzene rings is 1. The first-order valence-corrected chi connectivity index (χ1v) is 5.37. The van der Waals surface area contributed by atoms with Gasteiger partial charge in [0.15, 0.2) is 0 Å². The molecule has 0 bridgehead atoms. The summed E-state index contributed by atoms with van der Waals surface area (Å²) >= 11 is 0. The van der Waals surface area contributed by atoms with Crippen molar-refractivity contribution in [3.8, 4) is 17.7 Å². The lowest BCUT2D eigenvalue weighted by molar-refractivity contribution is 0.454. The van der Waals surface area contributed by atoms with Crippen molar-refractivity contribution in [3.63, 3.8) is 0 Å². The Morgan fingerprint density at radius 3 is 2.78 bits per heavy atom. The van der Waals surface area contributed by atoms with Crippen molar-refractivity contribution in [2.24, 2.45) is 0 Å². The van der Waals surface area contributed by atoms with Gasteiger partial charge < -0.3 is 10.5 Å². The number of hydrogen-bond donors (Lipinski definition) is 1. The quantitative estimate of drug-likeness (QED) is 0.870. The largest absolute Gasteiger partial charge is 0.438 e. The van der Waals surface area contributed by atoms with Gasteiger partial charge in [-0.05, 0) is 31.5 Å². The van der Waals surface area contributed by atoms with Crippen LogP contribution in [-0.2, 0) is 0 Å². The Kier molecular flexibility index (Phi) is 3.11. The minimum Gasteiger partial charge on any atom is -0.438 e. The van der Waals surface area contributed by atoms with E-state index in [0.717, 1.165) is 5.56 Å². The molecule has 2 rings (SSSR count). The van der Waals surface area contributed by atoms with Gasteiger partial charge in [0.1, 0.15) is 17.9 Å². The number of nitrogen functional groups attached to an aromatic ring is 1. The number of anilines is 1. The molecule has 0 fully saturated rings. The lowest BCUT2D eigenvalue weighted by Gasteiger charge is -2.10. The van der Waals surface area contributed by atoms with Crippen LogP contribution in [0.5, 0.6) is 11.6 Å². The van der Waals surface area contributed by atoms with E-state index >= 15 is 0 Å². The molecular weight excluding hydrogens is 228 g/mol. The number of nitriles is 1. The van der Waals surface area contributed by atoms with Crippen molar-refractivity contribution in [1.82, 2.24) is 9.97 Å². The second-order valence-electron chi connectivity index (χ2n) is 3.88. The van der Waals surface area contributed by atoms with Gasteiger partial charge in [0.25, 0.3) is 0 Å². The molecule has 0 amide bonds. The van der Waals surface area contributed by atoms with Crippen molar-refractivity contribution in [1.29, 1.82) is 5.26 Å². The number of nitrogens with two attached hydrogens (primary N) is 1. The molecule has 2 aromatic rings. The fraction of sp³-hybridized carbons (Fsp3) is 0.154. The Bertz CT molecular complexity index is 631. The minimum atomic E-state index is 0.383. The molecule has 2 N–H and O–H groups in total. The third-order valence-electron chi connectivity index (χ3n) is 2.60. The highest BCUT2D eigenvalue weighted by atomic mass is 16.5. The Labute approximate surface area is 105 Å². The van der Waals surface area contributed by atoms with E-state index in [0.29, 0.717) is 28.6 Å². The average Bonchev–Trinajstić information content (AvgIpc) is 2.37. The monoisotopic (exact) mass is 240 g/mol. The highest BCUT2D eigenvalue weighted by molar-refractivity contribution is 5.47. The molecule has 0 atom stereocenters. The maximum atomic E-state index is 8.87. The summed E-state index contributed by atoms with van der Waals surface area (Å²) in [6.45, 7) is 3.69. The molecule has 5 nitrogen and oxygen atoms in total. The maximum Gasteiger partial charge on any atom is 0.227 e. The second-order valence-corrected chi connectivity index (χ2v) is 3.88. The van der Waals surface area contributed by atoms with E-state index in [2.05, 4.69) is 16.0 Å². The summed E-state index contributed by atoms with van der Waals surface area (Å²) in [5, 5.41) is 8.87. The Morgan fingerprint density at radius 1 is 1.28 bits per heavy atom. The number of rotatable bonds is 2. The van der Waals surface area contributed by atoms with Crippen molar-refractivity contribution >= 4 is 5.82 Å². The summed E-state index contributed by atoms with van der Waals surface area (Å²) in [4.78, 5) is 7.91. The fourth-order valence-electron chi connectivity index (χ4n) is 1.43. The van der Waals surface area contributed by atoms with Crippen LogP contribution in [-0.4, -0.2) is 9.97 Å². The molecule has 1 heterocycles. The van der Waals surface area contributed by atoms with E-state index < -0.39 is 0 Å². The lowest BCUT2D eigenvalue weighted by Crippen LogP contribution is -1.99. The van der Waals surface area contributed by atoms with Gasteiger partial charge in [-0.1, -0.05) is 6.07 Å². The van der Waals surface area contributed by atoms with Gasteiger partial charge in [-0.25, -0.2) is 9.97 Å². The standard InChI is InChI=1S/C13H12N4O/c1-8-3-4-10(6-14)5-11(8)18-13-9(2)12(15)16-7-17-13/h3-5,7H,1-2H3,(H2,15,16,17). The molecule has 1 aromatic heterocycles. The van der Waals surface area contributed by atoms with Crippen molar-refractivity contribution in [2.45, 2.75) is 13.8 Å². The average molecular weight is 240 g/mol. The summed E-state index contributed by atoms with van der Waals surface area (Å²) < 4.78 is 5.68. The molecule has 0 aliphatic carbocycles. The van der Waals surface area contributed by atoms with Crippen LogP contribution in [0.25, 0.3) is 0 Å². The van der Waals surface area contributed by atoms with Crippen LogP contribution >= 0.6 is 0 Å². The summed E-state index contributed by atoms with van der Waals surface area (Å²) in [5.74, 6) is 1.38. The van der Waals surface area contributed by atoms with Crippen LogP contribution in [0, 0.1) is 25.2 Å². The molecule has 18 heavy (non-hydrogen) atoms. The summed E-state index contributed by atoms with van der Waals surface area (Å²) in [6.07, 6.45) is 1.35. The Morgan fingerprint density at radius 2 is 2.06 bits per heavy atom. The lowest BCUT2D eigenvalue weighted by atomic mass is 10.1. The first-order chi connectivity index (χ1) is 8.61. The zero-order chi connectivity index (χ0) is 13.1. The summed E-state index contributed by atoms with van der Waals surface area (Å²) in [5.41, 5.74) is 7.82. The van der Waals surface area contributed by atoms with E-state index in [-0.39, 0.29) is 0 Å². The van der Waals surface area contributed by atoms with E-state index in [1.807, 2.05) is 13.0 Å². The predicted molar refractivity (Wildman–Crippen MR) is 67.1 cm³/mol. The molecule has 0 spiro atoms. The van der Waals surface area contributed by atoms with Crippen LogP contribution in [0.4, 0.5) is 5.82 Å². The van der Waals surface area contributed by atoms with Crippen LogP contribution in [0.15, 0.2) is 24.5 Å². The van der Waals surface area contributed by atoms with Gasteiger partial charge in [-0.15, -0.1) is 0 Å². The highest BCUT2D eigenvalue weighted by Gasteiger charge is 2.09. The maximum absolute atomic E-state index is 8.87. The topological polar surface area (TPSA) is 84.8 Å². The SMILES string of the molecule is Cc1ccc(C#N)cc1Oc1ncnc(N)c1C. The van der Waals surface area contributed by atoms with E-state index in [9.17, 15) is 0 Å². The molecular formula is C13H12N4O. The molecule has 0 unspecified atom stereocenters. The van der Waals surface area contributed by atoms with E-state index in [1.54, 1.807) is 19.1 Å². The normalized spacial score (nSPS) is 9.83. The van der Waals surface area contributed by atoms with Gasteiger partial charge in [-0.3, -0.25) is 0 Å². The van der Waals surface area contributed by atoms with Crippen LogP contribution in [0.3, 0.4) is 0 Å². The Balaban J connectivity index is 2.40. The second kappa shape index (κ2) is 4.72. The molecule has 0 saturated heterocycles. The molecule has 0 aliphatic rings. The first kappa shape index (κ1) is 11.9. The summed E-state index contributed by atoms with van der Waals surface area (Å²) in [7, 11) is 0. The third kappa shape index (κ3) is 2.23. The zero-order valence-electron chi connectivity index (χ0n) is 10.1. The van der Waals surface area contributed by atoms with Gasteiger partial charge in [0.05, 0.1) is 17.2 Å². The number of hydrogen-bond acceptors (Lipinski definition) is 5. The molecule has 1 aromatic carbocycles. The molecule has 0 radical (unpaired) electrons. The van der Waals surface area contributed by atoms with Crippen molar-refractivity contribution in [3.05, 3.63) is 41.2 Å². The predicted octanol–water partition coefficient (Wildman–Crippen LogP) is 2.34. The fourth-order valence-corrected chi connectivity index (χ4v) is 1.43. The van der Waals surface area contributed by atoms with Crippen LogP contribution < -0.4 is 10.5 Å². The minimum absolute atomic E-state index is 0.383. The molecule has 0 saturated carbocycles. The third-order valence-corrected chi connectivity index (χ3v) is 2.60. The van der Waals surface area contributed by atoms with E-state index in [1.165, 1.54) is 6.33 Å². The number of ether oxygens (including phenoxy) is 1. The van der Waals surface area contributed by atoms with Gasteiger partial charge in [0, 0.05) is 0 Å². The van der Waals surface area contributed by atoms with Crippen LogP contribution in [0.2, 0.25) is 0 Å². The van der Waals surface area contributed by atoms with Crippen LogP contribution in [0.1, 0.15) is 16.7 Å². The first-order valence-electron chi connectivity index (χ1n) is 5.37. The van der Waals surface area contributed by atoms with Gasteiger partial charge in [0.2, 0.25) is 5.88 Å². The number of aromatic nitrogens is 2. The number of nitrogens with zero attached hydrogens (tertiary/aromatic N) is 3. The zero-order valence-corrected chi connectivity index (χ0v) is 10.1. The molecule has 5 heteroatoms. The highest BCUT2D eigenvalue weighted by Crippen LogP contribution is 2.27. The number of aryl methyl sites for hydroxylation is 1. The smallest absolute Gasteiger partial charge is 0.227 e. The van der Waals surface area contributed by atoms with Gasteiger partial charge >= 0.3 is 0 Å².